The molecule has 0 aliphatic carbocycles. The monoisotopic (exact) mass is 467 g/mol. The number of nitrogens with one attached hydrogen (secondary N) is 2. The molecule has 3 aromatic rings. The number of para-hydroxylation sites is 1. The number of phenolic OH excluding ortho intramolecular Hbond substituents is 1. The smallest absolute Gasteiger partial charge is 0.246 e. The van der Waals surface area contributed by atoms with E-state index in [4.69, 9.17) is 11.6 Å². The van der Waals surface area contributed by atoms with Gasteiger partial charge in [0, 0.05) is 38.0 Å². The number of carbonyl (C=O) groups excluding carboxylic acids is 2. The van der Waals surface area contributed by atoms with E-state index in [2.05, 4.69) is 22.1 Å². The van der Waals surface area contributed by atoms with E-state index < -0.39 is 6.04 Å². The van der Waals surface area contributed by atoms with Crippen LogP contribution in [0, 0.1) is 0 Å². The summed E-state index contributed by atoms with van der Waals surface area (Å²) < 4.78 is 0. The second kappa shape index (κ2) is 10.1. The number of amides is 2. The van der Waals surface area contributed by atoms with Gasteiger partial charge >= 0.3 is 0 Å². The van der Waals surface area contributed by atoms with Crippen molar-refractivity contribution in [1.29, 1.82) is 0 Å². The molecule has 0 bridgehead atoms. The number of benzene rings is 2. The van der Waals surface area contributed by atoms with Crippen LogP contribution in [-0.2, 0) is 22.6 Å². The minimum atomic E-state index is -0.636. The summed E-state index contributed by atoms with van der Waals surface area (Å²) in [7, 11) is 0. The standard InChI is InChI=1S/C24H26ClN5O3/c1-2-10-26-14-21(32)30-12-11-29(15-17-4-3-5-19-22(17)27-28-23(19)25)24(33)20(30)13-16-6-8-18(31)9-7-16/h2-9,20,26,31H,1,10-15H2,(H,27,28)/t20-/m0/s1. The first kappa shape index (κ1) is 22.8. The minimum absolute atomic E-state index is 0.120. The highest BCUT2D eigenvalue weighted by Gasteiger charge is 2.37. The van der Waals surface area contributed by atoms with E-state index in [1.807, 2.05) is 18.2 Å². The van der Waals surface area contributed by atoms with Gasteiger partial charge < -0.3 is 20.2 Å². The Kier molecular flexibility index (Phi) is 6.96. The van der Waals surface area contributed by atoms with Crippen LogP contribution in [0.25, 0.3) is 10.9 Å². The fraction of sp³-hybridized carbons (Fsp3) is 0.292. The summed E-state index contributed by atoms with van der Waals surface area (Å²) in [6, 6.07) is 11.8. The largest absolute Gasteiger partial charge is 0.508 e. The van der Waals surface area contributed by atoms with Crippen LogP contribution in [-0.4, -0.2) is 69.1 Å². The number of phenols is 1. The maximum Gasteiger partial charge on any atom is 0.246 e. The quantitative estimate of drug-likeness (QED) is 0.349. The Balaban J connectivity index is 1.57. The third kappa shape index (κ3) is 5.02. The van der Waals surface area contributed by atoms with Crippen molar-refractivity contribution in [3.63, 3.8) is 0 Å². The Bertz CT molecular complexity index is 1160. The molecule has 2 amide bonds. The van der Waals surface area contributed by atoms with Crippen molar-refractivity contribution in [3.8, 4) is 5.75 Å². The Morgan fingerprint density at radius 2 is 2.06 bits per heavy atom. The van der Waals surface area contributed by atoms with Gasteiger partial charge in [0.2, 0.25) is 11.8 Å². The molecule has 0 spiro atoms. The molecule has 33 heavy (non-hydrogen) atoms. The number of aromatic amines is 1. The van der Waals surface area contributed by atoms with Gasteiger partial charge in [-0.25, -0.2) is 0 Å². The van der Waals surface area contributed by atoms with Crippen molar-refractivity contribution < 1.29 is 14.7 Å². The number of hydrogen-bond donors (Lipinski definition) is 3. The average Bonchev–Trinajstić information content (AvgIpc) is 3.20. The van der Waals surface area contributed by atoms with Crippen LogP contribution in [0.5, 0.6) is 5.75 Å². The van der Waals surface area contributed by atoms with Crippen LogP contribution in [0.1, 0.15) is 11.1 Å². The van der Waals surface area contributed by atoms with Gasteiger partial charge in [0.15, 0.2) is 0 Å². The number of carbonyl (C=O) groups is 2. The van der Waals surface area contributed by atoms with Crippen molar-refractivity contribution >= 4 is 34.3 Å². The molecule has 4 rings (SSSR count). The Morgan fingerprint density at radius 1 is 1.27 bits per heavy atom. The van der Waals surface area contributed by atoms with Gasteiger partial charge in [0.1, 0.15) is 16.9 Å². The van der Waals surface area contributed by atoms with Gasteiger partial charge in [-0.2, -0.15) is 5.10 Å². The first-order valence-electron chi connectivity index (χ1n) is 10.8. The van der Waals surface area contributed by atoms with Crippen molar-refractivity contribution in [2.24, 2.45) is 0 Å². The summed E-state index contributed by atoms with van der Waals surface area (Å²) in [5, 5.41) is 21.0. The topological polar surface area (TPSA) is 102 Å². The first-order valence-corrected chi connectivity index (χ1v) is 11.1. The molecule has 3 N–H and O–H groups in total. The van der Waals surface area contributed by atoms with Gasteiger partial charge in [-0.15, -0.1) is 6.58 Å². The highest BCUT2D eigenvalue weighted by Crippen LogP contribution is 2.26. The lowest BCUT2D eigenvalue weighted by Crippen LogP contribution is -2.60. The van der Waals surface area contributed by atoms with E-state index in [0.29, 0.717) is 37.8 Å². The number of H-pyrrole nitrogens is 1. The van der Waals surface area contributed by atoms with Gasteiger partial charge in [0.05, 0.1) is 12.1 Å². The molecule has 8 nitrogen and oxygen atoms in total. The summed E-state index contributed by atoms with van der Waals surface area (Å²) >= 11 is 6.17. The van der Waals surface area contributed by atoms with Crippen LogP contribution in [0.2, 0.25) is 5.15 Å². The zero-order valence-electron chi connectivity index (χ0n) is 18.1. The number of rotatable bonds is 8. The van der Waals surface area contributed by atoms with E-state index in [1.165, 1.54) is 0 Å². The van der Waals surface area contributed by atoms with Gasteiger partial charge in [0.25, 0.3) is 0 Å². The van der Waals surface area contributed by atoms with Crippen LogP contribution in [0.15, 0.2) is 55.1 Å². The molecular formula is C24H26ClN5O3. The molecule has 9 heteroatoms. The lowest BCUT2D eigenvalue weighted by atomic mass is 10.00. The third-order valence-corrected chi connectivity index (χ3v) is 6.11. The van der Waals surface area contributed by atoms with E-state index in [9.17, 15) is 14.7 Å². The van der Waals surface area contributed by atoms with E-state index in [1.54, 1.807) is 40.1 Å². The summed E-state index contributed by atoms with van der Waals surface area (Å²) in [6.07, 6.45) is 2.05. The van der Waals surface area contributed by atoms with Gasteiger partial charge in [-0.1, -0.05) is 41.9 Å². The molecule has 2 heterocycles. The Labute approximate surface area is 196 Å². The SMILES string of the molecule is C=CCNCC(=O)N1CCN(Cc2cccc3c(Cl)[nH]nc23)C(=O)[C@@H]1Cc1ccc(O)cc1. The summed E-state index contributed by atoms with van der Waals surface area (Å²) in [5.74, 6) is -0.0949. The van der Waals surface area contributed by atoms with Crippen molar-refractivity contribution in [3.05, 3.63) is 71.4 Å². The zero-order chi connectivity index (χ0) is 23.4. The molecular weight excluding hydrogens is 442 g/mol. The Morgan fingerprint density at radius 3 is 2.82 bits per heavy atom. The molecule has 1 saturated heterocycles. The summed E-state index contributed by atoms with van der Waals surface area (Å²) in [4.78, 5) is 29.9. The highest BCUT2D eigenvalue weighted by molar-refractivity contribution is 6.34. The predicted molar refractivity (Wildman–Crippen MR) is 127 cm³/mol. The molecule has 0 radical (unpaired) electrons. The fourth-order valence-corrected chi connectivity index (χ4v) is 4.32. The third-order valence-electron chi connectivity index (χ3n) is 5.82. The normalized spacial score (nSPS) is 16.4. The molecule has 1 fully saturated rings. The molecule has 1 atom stereocenters. The van der Waals surface area contributed by atoms with Crippen LogP contribution in [0.3, 0.4) is 0 Å². The molecule has 2 aromatic carbocycles. The summed E-state index contributed by atoms with van der Waals surface area (Å²) in [6.45, 7) is 5.53. The minimum Gasteiger partial charge on any atom is -0.508 e. The lowest BCUT2D eigenvalue weighted by Gasteiger charge is -2.41. The maximum absolute atomic E-state index is 13.6. The average molecular weight is 468 g/mol. The fourth-order valence-electron chi connectivity index (χ4n) is 4.13. The maximum atomic E-state index is 13.6. The van der Waals surface area contributed by atoms with Crippen molar-refractivity contribution in [2.45, 2.75) is 19.0 Å². The van der Waals surface area contributed by atoms with Gasteiger partial charge in [-0.3, -0.25) is 14.7 Å². The van der Waals surface area contributed by atoms with E-state index in [-0.39, 0.29) is 24.1 Å². The van der Waals surface area contributed by atoms with Crippen molar-refractivity contribution in [1.82, 2.24) is 25.3 Å². The molecule has 0 unspecified atom stereocenters. The Hall–Kier alpha value is -3.36. The molecule has 172 valence electrons. The number of fused-ring (bicyclic) bond motifs is 1. The van der Waals surface area contributed by atoms with Crippen LogP contribution >= 0.6 is 11.6 Å². The number of halogens is 1. The van der Waals surface area contributed by atoms with Crippen molar-refractivity contribution in [2.75, 3.05) is 26.2 Å². The highest BCUT2D eigenvalue weighted by atomic mass is 35.5. The summed E-state index contributed by atoms with van der Waals surface area (Å²) in [5.41, 5.74) is 2.49. The number of aromatic nitrogens is 2. The van der Waals surface area contributed by atoms with E-state index in [0.717, 1.165) is 22.0 Å². The second-order valence-electron chi connectivity index (χ2n) is 8.00. The molecule has 1 aliphatic heterocycles. The molecule has 1 aromatic heterocycles. The van der Waals surface area contributed by atoms with E-state index >= 15 is 0 Å². The number of hydrogen-bond acceptors (Lipinski definition) is 5. The van der Waals surface area contributed by atoms with Gasteiger partial charge in [-0.05, 0) is 29.3 Å². The zero-order valence-corrected chi connectivity index (χ0v) is 18.9. The molecule has 1 aliphatic rings. The lowest BCUT2D eigenvalue weighted by molar-refractivity contribution is -0.151. The predicted octanol–water partition coefficient (Wildman–Crippen LogP) is 2.48. The molecule has 0 saturated carbocycles. The van der Waals surface area contributed by atoms with Crippen LogP contribution < -0.4 is 5.32 Å². The van der Waals surface area contributed by atoms with Crippen LogP contribution in [0.4, 0.5) is 0 Å². The number of nitrogens with zero attached hydrogens (tertiary/aromatic N) is 3. The number of aromatic hydroxyl groups is 1. The number of piperazine rings is 1. The first-order chi connectivity index (χ1) is 16.0. The second-order valence-corrected chi connectivity index (χ2v) is 8.38.